The predicted octanol–water partition coefficient (Wildman–Crippen LogP) is 3.35. The van der Waals surface area contributed by atoms with Crippen LogP contribution in [0.2, 0.25) is 0 Å². The van der Waals surface area contributed by atoms with Crippen molar-refractivity contribution >= 4 is 23.0 Å². The number of Topliss-reactive ketones (excluding diaryl/α,β-unsaturated/α-hetero) is 1. The molecule has 2 rings (SSSR count). The maximum Gasteiger partial charge on any atom is 0.220 e. The molecule has 0 aliphatic heterocycles. The number of hydrogen-bond donors (Lipinski definition) is 1. The first kappa shape index (κ1) is 18.0. The summed E-state index contributed by atoms with van der Waals surface area (Å²) in [6.45, 7) is 2.28. The van der Waals surface area contributed by atoms with E-state index in [4.69, 9.17) is 9.47 Å². The van der Waals surface area contributed by atoms with E-state index in [0.717, 1.165) is 10.4 Å². The number of nitrogens with one attached hydrogen (secondary N) is 1. The Morgan fingerprint density at radius 2 is 1.88 bits per heavy atom. The van der Waals surface area contributed by atoms with Gasteiger partial charge in [0.15, 0.2) is 17.3 Å². The van der Waals surface area contributed by atoms with Crippen molar-refractivity contribution in [3.05, 3.63) is 45.6 Å². The summed E-state index contributed by atoms with van der Waals surface area (Å²) in [5, 5.41) is 2.81. The number of hydrogen-bond acceptors (Lipinski definition) is 5. The van der Waals surface area contributed by atoms with Gasteiger partial charge in [0, 0.05) is 29.8 Å². The lowest BCUT2D eigenvalue weighted by Gasteiger charge is -2.13. The van der Waals surface area contributed by atoms with Crippen LogP contribution in [0.25, 0.3) is 0 Å². The van der Waals surface area contributed by atoms with Crippen molar-refractivity contribution in [2.45, 2.75) is 26.3 Å². The molecule has 0 saturated heterocycles. The van der Waals surface area contributed by atoms with Gasteiger partial charge in [-0.3, -0.25) is 9.59 Å². The Morgan fingerprint density at radius 1 is 1.08 bits per heavy atom. The van der Waals surface area contributed by atoms with Crippen LogP contribution in [0.1, 0.15) is 33.0 Å². The summed E-state index contributed by atoms with van der Waals surface area (Å²) in [6.07, 6.45) is 0.378. The van der Waals surface area contributed by atoms with Gasteiger partial charge in [0.05, 0.1) is 19.1 Å². The van der Waals surface area contributed by atoms with E-state index in [1.165, 1.54) is 11.3 Å². The highest BCUT2D eigenvalue weighted by molar-refractivity contribution is 7.14. The molecule has 0 spiro atoms. The zero-order chi connectivity index (χ0) is 17.5. The number of benzene rings is 1. The average molecular weight is 347 g/mol. The highest BCUT2D eigenvalue weighted by Gasteiger charge is 2.13. The molecular weight excluding hydrogens is 326 g/mol. The highest BCUT2D eigenvalue weighted by atomic mass is 32.1. The molecule has 2 aromatic rings. The smallest absolute Gasteiger partial charge is 0.220 e. The molecule has 0 atom stereocenters. The van der Waals surface area contributed by atoms with Gasteiger partial charge in [-0.2, -0.15) is 0 Å². The summed E-state index contributed by atoms with van der Waals surface area (Å²) < 4.78 is 10.6. The van der Waals surface area contributed by atoms with Crippen molar-refractivity contribution in [1.29, 1.82) is 0 Å². The predicted molar refractivity (Wildman–Crippen MR) is 94.0 cm³/mol. The maximum atomic E-state index is 12.0. The number of rotatable bonds is 8. The Bertz CT molecular complexity index is 724. The van der Waals surface area contributed by atoms with Crippen LogP contribution in [0.5, 0.6) is 11.5 Å². The first-order valence-corrected chi connectivity index (χ1v) is 8.43. The topological polar surface area (TPSA) is 64.6 Å². The third kappa shape index (κ3) is 4.58. The standard InChI is InChI=1S/C18H21NO4S/c1-12-7-9-16(24-12)14(20)8-10-17(21)19-11-13-5-4-6-15(22-2)18(13)23-3/h4-7,9H,8,10-11H2,1-3H3,(H,19,21). The third-order valence-corrected chi connectivity index (χ3v) is 4.60. The minimum absolute atomic E-state index is 0.00205. The van der Waals surface area contributed by atoms with E-state index in [1.807, 2.05) is 25.1 Å². The molecule has 6 heteroatoms. The van der Waals surface area contributed by atoms with Gasteiger partial charge in [-0.15, -0.1) is 11.3 Å². The largest absolute Gasteiger partial charge is 0.493 e. The van der Waals surface area contributed by atoms with Gasteiger partial charge in [0.2, 0.25) is 5.91 Å². The zero-order valence-electron chi connectivity index (χ0n) is 14.0. The van der Waals surface area contributed by atoms with Gasteiger partial charge in [-0.1, -0.05) is 12.1 Å². The average Bonchev–Trinajstić information content (AvgIpc) is 3.03. The molecule has 1 aromatic heterocycles. The van der Waals surface area contributed by atoms with Crippen molar-refractivity contribution in [2.75, 3.05) is 14.2 Å². The molecule has 1 amide bonds. The number of carbonyl (C=O) groups excluding carboxylic acids is 2. The Balaban J connectivity index is 1.86. The molecule has 1 N–H and O–H groups in total. The van der Waals surface area contributed by atoms with Crippen LogP contribution in [0.15, 0.2) is 30.3 Å². The molecule has 24 heavy (non-hydrogen) atoms. The van der Waals surface area contributed by atoms with E-state index in [9.17, 15) is 9.59 Å². The normalized spacial score (nSPS) is 10.3. The van der Waals surface area contributed by atoms with Crippen LogP contribution in [-0.2, 0) is 11.3 Å². The second-order valence-corrected chi connectivity index (χ2v) is 6.55. The number of aryl methyl sites for hydroxylation is 1. The van der Waals surface area contributed by atoms with Gasteiger partial charge in [-0.25, -0.2) is 0 Å². The molecule has 0 bridgehead atoms. The third-order valence-electron chi connectivity index (χ3n) is 3.55. The second kappa shape index (κ2) is 8.49. The van der Waals surface area contributed by atoms with Crippen molar-refractivity contribution in [2.24, 2.45) is 0 Å². The van der Waals surface area contributed by atoms with Crippen LogP contribution in [0.4, 0.5) is 0 Å². The Labute approximate surface area is 145 Å². The lowest BCUT2D eigenvalue weighted by atomic mass is 10.1. The van der Waals surface area contributed by atoms with Gasteiger partial charge >= 0.3 is 0 Å². The van der Waals surface area contributed by atoms with Crippen molar-refractivity contribution in [3.8, 4) is 11.5 Å². The summed E-state index contributed by atoms with van der Waals surface area (Å²) >= 11 is 1.46. The molecule has 0 saturated carbocycles. The summed E-state index contributed by atoms with van der Waals surface area (Å²) in [6, 6.07) is 9.22. The monoisotopic (exact) mass is 347 g/mol. The summed E-state index contributed by atoms with van der Waals surface area (Å²) in [7, 11) is 3.13. The molecule has 0 radical (unpaired) electrons. The van der Waals surface area contributed by atoms with E-state index in [1.54, 1.807) is 26.4 Å². The first-order chi connectivity index (χ1) is 11.5. The molecule has 0 fully saturated rings. The van der Waals surface area contributed by atoms with E-state index in [-0.39, 0.29) is 24.5 Å². The number of ether oxygens (including phenoxy) is 2. The van der Waals surface area contributed by atoms with Gasteiger partial charge in [-0.05, 0) is 25.1 Å². The van der Waals surface area contributed by atoms with E-state index < -0.39 is 0 Å². The lowest BCUT2D eigenvalue weighted by Crippen LogP contribution is -2.23. The van der Waals surface area contributed by atoms with Crippen LogP contribution >= 0.6 is 11.3 Å². The fourth-order valence-electron chi connectivity index (χ4n) is 2.31. The minimum atomic E-state index is -0.165. The molecule has 5 nitrogen and oxygen atoms in total. The molecule has 1 aromatic carbocycles. The molecule has 0 aliphatic rings. The number of para-hydroxylation sites is 1. The van der Waals surface area contributed by atoms with Crippen molar-refractivity contribution in [1.82, 2.24) is 5.32 Å². The van der Waals surface area contributed by atoms with E-state index in [0.29, 0.717) is 22.9 Å². The van der Waals surface area contributed by atoms with E-state index in [2.05, 4.69) is 5.32 Å². The lowest BCUT2D eigenvalue weighted by molar-refractivity contribution is -0.121. The Morgan fingerprint density at radius 3 is 2.50 bits per heavy atom. The van der Waals surface area contributed by atoms with E-state index >= 15 is 0 Å². The maximum absolute atomic E-state index is 12.0. The van der Waals surface area contributed by atoms with Crippen molar-refractivity contribution in [3.63, 3.8) is 0 Å². The Hall–Kier alpha value is -2.34. The minimum Gasteiger partial charge on any atom is -0.493 e. The zero-order valence-corrected chi connectivity index (χ0v) is 14.9. The summed E-state index contributed by atoms with van der Waals surface area (Å²) in [4.78, 5) is 25.8. The van der Waals surface area contributed by atoms with Gasteiger partial charge in [0.25, 0.3) is 0 Å². The summed E-state index contributed by atoms with van der Waals surface area (Å²) in [5.41, 5.74) is 0.824. The molecular formula is C18H21NO4S. The van der Waals surface area contributed by atoms with Gasteiger partial charge < -0.3 is 14.8 Å². The number of amides is 1. The number of thiophene rings is 1. The molecule has 128 valence electrons. The highest BCUT2D eigenvalue weighted by Crippen LogP contribution is 2.30. The quantitative estimate of drug-likeness (QED) is 0.744. The van der Waals surface area contributed by atoms with Crippen LogP contribution in [0.3, 0.4) is 0 Å². The number of ketones is 1. The molecule has 0 unspecified atom stereocenters. The van der Waals surface area contributed by atoms with Crippen molar-refractivity contribution < 1.29 is 19.1 Å². The SMILES string of the molecule is COc1cccc(CNC(=O)CCC(=O)c2ccc(C)s2)c1OC. The van der Waals surface area contributed by atoms with Crippen LogP contribution in [-0.4, -0.2) is 25.9 Å². The van der Waals surface area contributed by atoms with Crippen LogP contribution < -0.4 is 14.8 Å². The molecule has 0 aliphatic carbocycles. The fourth-order valence-corrected chi connectivity index (χ4v) is 3.14. The number of methoxy groups -OCH3 is 2. The fraction of sp³-hybridized carbons (Fsp3) is 0.333. The summed E-state index contributed by atoms with van der Waals surface area (Å²) in [5.74, 6) is 1.06. The number of carbonyl (C=O) groups is 2. The van der Waals surface area contributed by atoms with Crippen LogP contribution in [0, 0.1) is 6.92 Å². The second-order valence-electron chi connectivity index (χ2n) is 5.26. The van der Waals surface area contributed by atoms with Gasteiger partial charge in [0.1, 0.15) is 0 Å². The first-order valence-electron chi connectivity index (χ1n) is 7.61. The Kier molecular flexibility index (Phi) is 6.37. The molecule has 1 heterocycles.